The summed E-state index contributed by atoms with van der Waals surface area (Å²) in [5.74, 6) is 1.64. The van der Waals surface area contributed by atoms with Gasteiger partial charge in [-0.25, -0.2) is 0 Å². The zero-order valence-electron chi connectivity index (χ0n) is 9.43. The largest absolute Gasteiger partial charge is 0.303 e. The summed E-state index contributed by atoms with van der Waals surface area (Å²) < 4.78 is 0. The summed E-state index contributed by atoms with van der Waals surface area (Å²) in [5.41, 5.74) is 0. The third-order valence-electron chi connectivity index (χ3n) is 2.09. The van der Waals surface area contributed by atoms with Crippen LogP contribution in [-0.4, -0.2) is 24.5 Å². The second kappa shape index (κ2) is 6.47. The van der Waals surface area contributed by atoms with Crippen LogP contribution in [0.1, 0.15) is 41.0 Å². The summed E-state index contributed by atoms with van der Waals surface area (Å²) in [6.45, 7) is 15.1. The molecule has 0 amide bonds. The van der Waals surface area contributed by atoms with Gasteiger partial charge in [-0.15, -0.1) is 0 Å². The zero-order chi connectivity index (χ0) is 9.56. The Kier molecular flexibility index (Phi) is 6.45. The Morgan fingerprint density at radius 3 is 1.92 bits per heavy atom. The molecule has 0 bridgehead atoms. The molecule has 0 unspecified atom stereocenters. The van der Waals surface area contributed by atoms with E-state index in [9.17, 15) is 0 Å². The van der Waals surface area contributed by atoms with E-state index >= 15 is 0 Å². The summed E-state index contributed by atoms with van der Waals surface area (Å²) in [6.07, 6.45) is 1.33. The molecule has 0 heterocycles. The molecule has 0 atom stereocenters. The first kappa shape index (κ1) is 12.0. The predicted molar refractivity (Wildman–Crippen MR) is 56.4 cm³/mol. The summed E-state index contributed by atoms with van der Waals surface area (Å²) in [7, 11) is 0. The van der Waals surface area contributed by atoms with Gasteiger partial charge in [-0.1, -0.05) is 34.6 Å². The van der Waals surface area contributed by atoms with Crippen LogP contribution in [0.5, 0.6) is 0 Å². The normalized spacial score (nSPS) is 12.0. The average Bonchev–Trinajstić information content (AvgIpc) is 1.97. The molecule has 0 aliphatic heterocycles. The molecule has 0 aliphatic carbocycles. The van der Waals surface area contributed by atoms with Crippen molar-refractivity contribution in [3.63, 3.8) is 0 Å². The number of hydrogen-bond acceptors (Lipinski definition) is 1. The van der Waals surface area contributed by atoms with Gasteiger partial charge in [-0.05, 0) is 31.3 Å². The SMILES string of the molecule is CCN(CCC(C)C)CC(C)C. The van der Waals surface area contributed by atoms with Gasteiger partial charge in [0.05, 0.1) is 0 Å². The van der Waals surface area contributed by atoms with Crippen LogP contribution in [0.3, 0.4) is 0 Å². The van der Waals surface area contributed by atoms with Crippen molar-refractivity contribution in [2.24, 2.45) is 11.8 Å². The van der Waals surface area contributed by atoms with Crippen LogP contribution >= 0.6 is 0 Å². The molecule has 0 aromatic rings. The first-order chi connectivity index (χ1) is 5.56. The summed E-state index contributed by atoms with van der Waals surface area (Å²) >= 11 is 0. The molecule has 0 saturated carbocycles. The van der Waals surface area contributed by atoms with Gasteiger partial charge in [0.15, 0.2) is 0 Å². The first-order valence-corrected chi connectivity index (χ1v) is 5.28. The van der Waals surface area contributed by atoms with Gasteiger partial charge in [0.1, 0.15) is 0 Å². The smallest absolute Gasteiger partial charge is 0.000427 e. The lowest BCUT2D eigenvalue weighted by atomic mass is 10.1. The van der Waals surface area contributed by atoms with Crippen LogP contribution in [0.15, 0.2) is 0 Å². The molecular formula is C11H25N. The van der Waals surface area contributed by atoms with Gasteiger partial charge in [0.25, 0.3) is 0 Å². The third kappa shape index (κ3) is 6.66. The fraction of sp³-hybridized carbons (Fsp3) is 1.00. The minimum atomic E-state index is 0.803. The van der Waals surface area contributed by atoms with Crippen LogP contribution in [0.4, 0.5) is 0 Å². The van der Waals surface area contributed by atoms with E-state index in [-0.39, 0.29) is 0 Å². The second-order valence-electron chi connectivity index (χ2n) is 4.47. The van der Waals surface area contributed by atoms with Crippen LogP contribution in [0.2, 0.25) is 0 Å². The van der Waals surface area contributed by atoms with Crippen molar-refractivity contribution in [1.29, 1.82) is 0 Å². The Morgan fingerprint density at radius 2 is 1.58 bits per heavy atom. The molecule has 0 rings (SSSR count). The highest BCUT2D eigenvalue weighted by molar-refractivity contribution is 4.59. The minimum absolute atomic E-state index is 0.803. The molecule has 0 aliphatic rings. The topological polar surface area (TPSA) is 3.24 Å². The van der Waals surface area contributed by atoms with E-state index in [1.165, 1.54) is 26.1 Å². The van der Waals surface area contributed by atoms with Crippen LogP contribution in [-0.2, 0) is 0 Å². The maximum atomic E-state index is 2.55. The van der Waals surface area contributed by atoms with E-state index in [1.54, 1.807) is 0 Å². The van der Waals surface area contributed by atoms with E-state index in [2.05, 4.69) is 39.5 Å². The van der Waals surface area contributed by atoms with Crippen molar-refractivity contribution >= 4 is 0 Å². The number of nitrogens with zero attached hydrogens (tertiary/aromatic N) is 1. The van der Waals surface area contributed by atoms with E-state index < -0.39 is 0 Å². The highest BCUT2D eigenvalue weighted by atomic mass is 15.1. The molecule has 0 N–H and O–H groups in total. The lowest BCUT2D eigenvalue weighted by Gasteiger charge is -2.23. The van der Waals surface area contributed by atoms with Crippen molar-refractivity contribution in [2.75, 3.05) is 19.6 Å². The lowest BCUT2D eigenvalue weighted by Crippen LogP contribution is -2.29. The van der Waals surface area contributed by atoms with Crippen LogP contribution < -0.4 is 0 Å². The summed E-state index contributed by atoms with van der Waals surface area (Å²) in [5, 5.41) is 0. The quantitative estimate of drug-likeness (QED) is 0.594. The molecule has 1 heteroatoms. The summed E-state index contributed by atoms with van der Waals surface area (Å²) in [4.78, 5) is 2.55. The Bertz CT molecular complexity index is 97.2. The molecule has 12 heavy (non-hydrogen) atoms. The maximum Gasteiger partial charge on any atom is 0.000427 e. The summed E-state index contributed by atoms with van der Waals surface area (Å²) in [6, 6.07) is 0. The Morgan fingerprint density at radius 1 is 1.00 bits per heavy atom. The Labute approximate surface area is 78.1 Å². The molecule has 0 saturated heterocycles. The maximum absolute atomic E-state index is 2.55. The van der Waals surface area contributed by atoms with Gasteiger partial charge in [-0.2, -0.15) is 0 Å². The van der Waals surface area contributed by atoms with Crippen molar-refractivity contribution in [3.8, 4) is 0 Å². The highest BCUT2D eigenvalue weighted by Crippen LogP contribution is 2.04. The van der Waals surface area contributed by atoms with Crippen molar-refractivity contribution < 1.29 is 0 Å². The van der Waals surface area contributed by atoms with Crippen molar-refractivity contribution in [3.05, 3.63) is 0 Å². The molecule has 1 nitrogen and oxygen atoms in total. The number of rotatable bonds is 6. The third-order valence-corrected chi connectivity index (χ3v) is 2.09. The minimum Gasteiger partial charge on any atom is -0.303 e. The first-order valence-electron chi connectivity index (χ1n) is 5.28. The van der Waals surface area contributed by atoms with E-state index in [0.29, 0.717) is 0 Å². The molecular weight excluding hydrogens is 146 g/mol. The standard InChI is InChI=1S/C11H25N/c1-6-12(9-11(4)5)8-7-10(2)3/h10-11H,6-9H2,1-5H3. The Hall–Kier alpha value is -0.0400. The van der Waals surface area contributed by atoms with Gasteiger partial charge in [0.2, 0.25) is 0 Å². The second-order valence-corrected chi connectivity index (χ2v) is 4.47. The van der Waals surface area contributed by atoms with Crippen LogP contribution in [0, 0.1) is 11.8 Å². The Balaban J connectivity index is 3.53. The van der Waals surface area contributed by atoms with Gasteiger partial charge < -0.3 is 4.90 Å². The van der Waals surface area contributed by atoms with Crippen molar-refractivity contribution in [1.82, 2.24) is 4.90 Å². The van der Waals surface area contributed by atoms with Crippen LogP contribution in [0.25, 0.3) is 0 Å². The van der Waals surface area contributed by atoms with E-state index in [1.807, 2.05) is 0 Å². The molecule has 0 aromatic carbocycles. The van der Waals surface area contributed by atoms with E-state index in [4.69, 9.17) is 0 Å². The lowest BCUT2D eigenvalue weighted by molar-refractivity contribution is 0.242. The molecule has 0 fully saturated rings. The van der Waals surface area contributed by atoms with Gasteiger partial charge >= 0.3 is 0 Å². The molecule has 74 valence electrons. The van der Waals surface area contributed by atoms with Gasteiger partial charge in [-0.3, -0.25) is 0 Å². The average molecular weight is 171 g/mol. The zero-order valence-corrected chi connectivity index (χ0v) is 9.43. The van der Waals surface area contributed by atoms with Gasteiger partial charge in [0, 0.05) is 6.54 Å². The fourth-order valence-electron chi connectivity index (χ4n) is 1.34. The van der Waals surface area contributed by atoms with E-state index in [0.717, 1.165) is 11.8 Å². The predicted octanol–water partition coefficient (Wildman–Crippen LogP) is 3.01. The number of hydrogen-bond donors (Lipinski definition) is 0. The monoisotopic (exact) mass is 171 g/mol. The molecule has 0 aromatic heterocycles. The molecule has 0 spiro atoms. The van der Waals surface area contributed by atoms with Crippen molar-refractivity contribution in [2.45, 2.75) is 41.0 Å². The molecule has 0 radical (unpaired) electrons. The highest BCUT2D eigenvalue weighted by Gasteiger charge is 2.05. The fourth-order valence-corrected chi connectivity index (χ4v) is 1.34.